The first-order valence-corrected chi connectivity index (χ1v) is 11.5. The third-order valence-electron chi connectivity index (χ3n) is 4.38. The summed E-state index contributed by atoms with van der Waals surface area (Å²) in [5.41, 5.74) is 1.40. The molecule has 0 N–H and O–H groups in total. The van der Waals surface area contributed by atoms with Crippen molar-refractivity contribution in [2.24, 2.45) is 0 Å². The summed E-state index contributed by atoms with van der Waals surface area (Å²) >= 11 is 7.35. The van der Waals surface area contributed by atoms with Gasteiger partial charge in [0, 0.05) is 11.9 Å². The molecule has 1 amide bonds. The highest BCUT2D eigenvalue weighted by Crippen LogP contribution is 2.25. The Balaban J connectivity index is 1.88. The Morgan fingerprint density at radius 3 is 2.24 bits per heavy atom. The molecule has 0 bridgehead atoms. The van der Waals surface area contributed by atoms with Crippen LogP contribution in [0.1, 0.15) is 10.4 Å². The van der Waals surface area contributed by atoms with Gasteiger partial charge in [-0.1, -0.05) is 47.5 Å². The summed E-state index contributed by atoms with van der Waals surface area (Å²) in [6, 6.07) is 18.9. The summed E-state index contributed by atoms with van der Waals surface area (Å²) in [6.07, 6.45) is 0. The zero-order valence-corrected chi connectivity index (χ0v) is 18.5. The summed E-state index contributed by atoms with van der Waals surface area (Å²) in [6.45, 7) is 1.96. The number of hydrogen-bond donors (Lipinski definition) is 0. The molecule has 0 saturated heterocycles. The predicted molar refractivity (Wildman–Crippen MR) is 118 cm³/mol. The Morgan fingerprint density at radius 2 is 1.66 bits per heavy atom. The van der Waals surface area contributed by atoms with E-state index in [-0.39, 0.29) is 17.3 Å². The highest BCUT2D eigenvalue weighted by atomic mass is 35.5. The minimum Gasteiger partial charge on any atom is -0.339 e. The molecule has 1 heterocycles. The van der Waals surface area contributed by atoms with Crippen LogP contribution in [0.2, 0.25) is 4.34 Å². The van der Waals surface area contributed by atoms with E-state index in [9.17, 15) is 13.2 Å². The van der Waals surface area contributed by atoms with Crippen molar-refractivity contribution in [1.29, 1.82) is 0 Å². The van der Waals surface area contributed by atoms with Gasteiger partial charge in [0.1, 0.15) is 6.54 Å². The number of rotatable bonds is 7. The van der Waals surface area contributed by atoms with Crippen LogP contribution < -0.4 is 4.31 Å². The molecular formula is C21H21ClN2O3S2. The number of para-hydroxylation sites is 1. The van der Waals surface area contributed by atoms with E-state index >= 15 is 0 Å². The van der Waals surface area contributed by atoms with Gasteiger partial charge in [0.25, 0.3) is 10.0 Å². The quantitative estimate of drug-likeness (QED) is 0.532. The van der Waals surface area contributed by atoms with Crippen molar-refractivity contribution in [3.05, 3.63) is 81.5 Å². The second kappa shape index (κ2) is 8.98. The number of sulfonamides is 1. The molecule has 0 aliphatic rings. The largest absolute Gasteiger partial charge is 0.339 e. The van der Waals surface area contributed by atoms with E-state index in [1.807, 2.05) is 13.0 Å². The van der Waals surface area contributed by atoms with Gasteiger partial charge < -0.3 is 4.90 Å². The van der Waals surface area contributed by atoms with Gasteiger partial charge in [0.2, 0.25) is 5.91 Å². The van der Waals surface area contributed by atoms with Gasteiger partial charge in [-0.05, 0) is 43.3 Å². The number of anilines is 1. The number of halogens is 1. The first-order chi connectivity index (χ1) is 13.8. The van der Waals surface area contributed by atoms with Gasteiger partial charge in [0.15, 0.2) is 0 Å². The van der Waals surface area contributed by atoms with Crippen molar-refractivity contribution in [3.8, 4) is 0 Å². The Labute approximate surface area is 180 Å². The monoisotopic (exact) mass is 448 g/mol. The highest BCUT2D eigenvalue weighted by molar-refractivity contribution is 7.92. The number of likely N-dealkylation sites (N-methyl/N-ethyl adjacent to an activating group) is 1. The van der Waals surface area contributed by atoms with Crippen LogP contribution in [0.4, 0.5) is 5.69 Å². The lowest BCUT2D eigenvalue weighted by Gasteiger charge is -2.26. The summed E-state index contributed by atoms with van der Waals surface area (Å²) in [4.78, 5) is 15.4. The molecular weight excluding hydrogens is 428 g/mol. The maximum Gasteiger partial charge on any atom is 0.264 e. The molecule has 1 aromatic heterocycles. The Bertz CT molecular complexity index is 1080. The van der Waals surface area contributed by atoms with Gasteiger partial charge in [-0.25, -0.2) is 8.42 Å². The van der Waals surface area contributed by atoms with E-state index in [1.165, 1.54) is 16.2 Å². The van der Waals surface area contributed by atoms with Crippen LogP contribution in [0.5, 0.6) is 0 Å². The standard InChI is InChI=1S/C21H21ClN2O3S2/c1-16-8-11-19(12-9-16)29(26,27)24(17-6-4-3-5-7-17)15-21(25)23(2)14-18-10-13-20(22)28-18/h3-13H,14-15H2,1-2H3. The van der Waals surface area contributed by atoms with Crippen LogP contribution >= 0.6 is 22.9 Å². The number of hydrogen-bond acceptors (Lipinski definition) is 4. The molecule has 0 spiro atoms. The summed E-state index contributed by atoms with van der Waals surface area (Å²) in [5, 5.41) is 0. The molecule has 29 heavy (non-hydrogen) atoms. The smallest absolute Gasteiger partial charge is 0.264 e. The van der Waals surface area contributed by atoms with E-state index in [4.69, 9.17) is 11.6 Å². The predicted octanol–water partition coefficient (Wildman–Crippen LogP) is 4.56. The lowest BCUT2D eigenvalue weighted by molar-refractivity contribution is -0.128. The second-order valence-corrected chi connectivity index (χ2v) is 10.3. The number of aryl methyl sites for hydroxylation is 1. The van der Waals surface area contributed by atoms with E-state index in [2.05, 4.69) is 0 Å². The van der Waals surface area contributed by atoms with Gasteiger partial charge in [-0.3, -0.25) is 9.10 Å². The fourth-order valence-corrected chi connectivity index (χ4v) is 5.30. The normalized spacial score (nSPS) is 11.3. The second-order valence-electron chi connectivity index (χ2n) is 6.62. The first kappa shape index (κ1) is 21.4. The van der Waals surface area contributed by atoms with Crippen LogP contribution in [-0.4, -0.2) is 32.8 Å². The summed E-state index contributed by atoms with van der Waals surface area (Å²) < 4.78 is 28.4. The fourth-order valence-electron chi connectivity index (χ4n) is 2.75. The molecule has 0 saturated carbocycles. The maximum atomic E-state index is 13.3. The van der Waals surface area contributed by atoms with Gasteiger partial charge >= 0.3 is 0 Å². The SMILES string of the molecule is Cc1ccc(S(=O)(=O)N(CC(=O)N(C)Cc2ccc(Cl)s2)c2ccccc2)cc1. The average molecular weight is 449 g/mol. The number of nitrogens with zero attached hydrogens (tertiary/aromatic N) is 2. The fraction of sp³-hybridized carbons (Fsp3) is 0.190. The van der Waals surface area contributed by atoms with E-state index in [0.717, 1.165) is 14.7 Å². The number of carbonyl (C=O) groups excluding carboxylic acids is 1. The van der Waals surface area contributed by atoms with Crippen molar-refractivity contribution in [3.63, 3.8) is 0 Å². The first-order valence-electron chi connectivity index (χ1n) is 8.90. The lowest BCUT2D eigenvalue weighted by Crippen LogP contribution is -2.41. The molecule has 0 aliphatic carbocycles. The van der Waals surface area contributed by atoms with Gasteiger partial charge in [-0.15, -0.1) is 11.3 Å². The van der Waals surface area contributed by atoms with Crippen molar-refractivity contribution in [2.45, 2.75) is 18.4 Å². The number of carbonyl (C=O) groups is 1. The van der Waals surface area contributed by atoms with E-state index in [0.29, 0.717) is 16.6 Å². The highest BCUT2D eigenvalue weighted by Gasteiger charge is 2.28. The summed E-state index contributed by atoms with van der Waals surface area (Å²) in [5.74, 6) is -0.311. The zero-order chi connectivity index (χ0) is 21.0. The van der Waals surface area contributed by atoms with Crippen molar-refractivity contribution in [2.75, 3.05) is 17.9 Å². The Hall–Kier alpha value is -2.35. The minimum absolute atomic E-state index is 0.146. The molecule has 0 aliphatic heterocycles. The molecule has 152 valence electrons. The number of amides is 1. The maximum absolute atomic E-state index is 13.3. The average Bonchev–Trinajstić information content (AvgIpc) is 3.11. The Kier molecular flexibility index (Phi) is 6.62. The van der Waals surface area contributed by atoms with Crippen molar-refractivity contribution < 1.29 is 13.2 Å². The molecule has 2 aromatic carbocycles. The molecule has 5 nitrogen and oxygen atoms in total. The number of thiophene rings is 1. The van der Waals surface area contributed by atoms with E-state index < -0.39 is 10.0 Å². The molecule has 8 heteroatoms. The zero-order valence-electron chi connectivity index (χ0n) is 16.1. The lowest BCUT2D eigenvalue weighted by atomic mass is 10.2. The van der Waals surface area contributed by atoms with Crippen LogP contribution in [0.3, 0.4) is 0 Å². The van der Waals surface area contributed by atoms with Crippen LogP contribution in [0.15, 0.2) is 71.6 Å². The summed E-state index contributed by atoms with van der Waals surface area (Å²) in [7, 11) is -2.25. The van der Waals surface area contributed by atoms with E-state index in [1.54, 1.807) is 67.7 Å². The molecule has 3 rings (SSSR count). The van der Waals surface area contributed by atoms with Crippen LogP contribution in [0, 0.1) is 6.92 Å². The van der Waals surface area contributed by atoms with Crippen LogP contribution in [0.25, 0.3) is 0 Å². The topological polar surface area (TPSA) is 57.7 Å². The third-order valence-corrected chi connectivity index (χ3v) is 7.38. The Morgan fingerprint density at radius 1 is 1.00 bits per heavy atom. The molecule has 0 radical (unpaired) electrons. The van der Waals surface area contributed by atoms with Crippen molar-refractivity contribution in [1.82, 2.24) is 4.90 Å². The molecule has 0 unspecified atom stereocenters. The van der Waals surface area contributed by atoms with Crippen LogP contribution in [-0.2, 0) is 21.4 Å². The number of benzene rings is 2. The van der Waals surface area contributed by atoms with Gasteiger partial charge in [0.05, 0.1) is 21.5 Å². The molecule has 3 aromatic rings. The molecule has 0 atom stereocenters. The molecule has 0 fully saturated rings. The minimum atomic E-state index is -3.90. The van der Waals surface area contributed by atoms with Crippen molar-refractivity contribution >= 4 is 44.6 Å². The third kappa shape index (κ3) is 5.18. The van der Waals surface area contributed by atoms with Gasteiger partial charge in [-0.2, -0.15) is 0 Å².